The van der Waals surface area contributed by atoms with Crippen LogP contribution in [0.25, 0.3) is 0 Å². The first kappa shape index (κ1) is 13.6. The van der Waals surface area contributed by atoms with E-state index >= 15 is 0 Å². The highest BCUT2D eigenvalue weighted by Gasteiger charge is 2.40. The van der Waals surface area contributed by atoms with Crippen molar-refractivity contribution in [2.24, 2.45) is 5.92 Å². The molecule has 22 heavy (non-hydrogen) atoms. The molecular formula is C19H22N2O. The zero-order chi connectivity index (χ0) is 14.9. The number of aromatic nitrogens is 1. The third kappa shape index (κ3) is 2.94. The standard InChI is InChI=1S/C19H22N2O/c22-19(16-8-9-16)21(17-10-11-17)14-18-7-4-12-20(18)13-15-5-2-1-3-6-15/h1-7,12,16-17H,8-11,13-14H2. The van der Waals surface area contributed by atoms with Crippen LogP contribution < -0.4 is 0 Å². The summed E-state index contributed by atoms with van der Waals surface area (Å²) >= 11 is 0. The fourth-order valence-corrected chi connectivity index (χ4v) is 3.04. The van der Waals surface area contributed by atoms with Crippen molar-refractivity contribution < 1.29 is 4.79 Å². The summed E-state index contributed by atoms with van der Waals surface area (Å²) < 4.78 is 2.27. The first-order valence-corrected chi connectivity index (χ1v) is 8.29. The van der Waals surface area contributed by atoms with Gasteiger partial charge in [0, 0.05) is 30.4 Å². The van der Waals surface area contributed by atoms with Gasteiger partial charge in [-0.1, -0.05) is 30.3 Å². The molecule has 0 N–H and O–H groups in total. The molecule has 0 bridgehead atoms. The largest absolute Gasteiger partial charge is 0.345 e. The average Bonchev–Trinajstić information content (AvgIpc) is 3.44. The SMILES string of the molecule is O=C(C1CC1)N(Cc1cccn1Cc1ccccc1)C1CC1. The molecule has 1 aromatic heterocycles. The smallest absolute Gasteiger partial charge is 0.226 e. The monoisotopic (exact) mass is 294 g/mol. The first-order valence-electron chi connectivity index (χ1n) is 8.29. The fourth-order valence-electron chi connectivity index (χ4n) is 3.04. The lowest BCUT2D eigenvalue weighted by molar-refractivity contribution is -0.133. The maximum absolute atomic E-state index is 12.5. The molecule has 0 saturated heterocycles. The zero-order valence-corrected chi connectivity index (χ0v) is 12.8. The second-order valence-electron chi connectivity index (χ2n) is 6.58. The summed E-state index contributed by atoms with van der Waals surface area (Å²) in [6, 6.07) is 15.2. The molecule has 2 fully saturated rings. The highest BCUT2D eigenvalue weighted by atomic mass is 16.2. The second kappa shape index (κ2) is 5.64. The topological polar surface area (TPSA) is 25.2 Å². The van der Waals surface area contributed by atoms with Gasteiger partial charge in [-0.3, -0.25) is 4.79 Å². The molecule has 4 rings (SSSR count). The van der Waals surface area contributed by atoms with Crippen LogP contribution in [0.15, 0.2) is 48.7 Å². The Morgan fingerprint density at radius 3 is 2.50 bits per heavy atom. The first-order chi connectivity index (χ1) is 10.8. The number of carbonyl (C=O) groups excluding carboxylic acids is 1. The normalized spacial score (nSPS) is 17.5. The van der Waals surface area contributed by atoms with Gasteiger partial charge in [-0.25, -0.2) is 0 Å². The molecule has 1 amide bonds. The van der Waals surface area contributed by atoms with Gasteiger partial charge in [-0.15, -0.1) is 0 Å². The number of hydrogen-bond donors (Lipinski definition) is 0. The number of amides is 1. The van der Waals surface area contributed by atoms with Gasteiger partial charge in [0.2, 0.25) is 5.91 Å². The highest BCUT2D eigenvalue weighted by molar-refractivity contribution is 5.81. The quantitative estimate of drug-likeness (QED) is 0.801. The number of rotatable bonds is 6. The van der Waals surface area contributed by atoms with Gasteiger partial charge in [0.15, 0.2) is 0 Å². The molecule has 0 atom stereocenters. The van der Waals surface area contributed by atoms with Crippen molar-refractivity contribution >= 4 is 5.91 Å². The van der Waals surface area contributed by atoms with Gasteiger partial charge in [0.05, 0.1) is 6.54 Å². The van der Waals surface area contributed by atoms with Gasteiger partial charge in [-0.2, -0.15) is 0 Å². The predicted octanol–water partition coefficient (Wildman–Crippen LogP) is 3.44. The average molecular weight is 294 g/mol. The van der Waals surface area contributed by atoms with Crippen LogP contribution in [0, 0.1) is 5.92 Å². The van der Waals surface area contributed by atoms with E-state index in [0.717, 1.165) is 25.9 Å². The van der Waals surface area contributed by atoms with Crippen LogP contribution in [0.5, 0.6) is 0 Å². The third-order valence-electron chi connectivity index (χ3n) is 4.65. The Kier molecular flexibility index (Phi) is 3.49. The van der Waals surface area contributed by atoms with E-state index in [1.165, 1.54) is 24.1 Å². The molecule has 2 aliphatic carbocycles. The third-order valence-corrected chi connectivity index (χ3v) is 4.65. The van der Waals surface area contributed by atoms with Crippen LogP contribution in [0.4, 0.5) is 0 Å². The van der Waals surface area contributed by atoms with E-state index in [0.29, 0.717) is 17.9 Å². The van der Waals surface area contributed by atoms with Crippen LogP contribution in [0.3, 0.4) is 0 Å². The fraction of sp³-hybridized carbons (Fsp3) is 0.421. The van der Waals surface area contributed by atoms with E-state index in [4.69, 9.17) is 0 Å². The number of carbonyl (C=O) groups is 1. The summed E-state index contributed by atoms with van der Waals surface area (Å²) in [5, 5.41) is 0. The lowest BCUT2D eigenvalue weighted by Crippen LogP contribution is -2.34. The van der Waals surface area contributed by atoms with E-state index in [1.807, 2.05) is 6.07 Å². The minimum Gasteiger partial charge on any atom is -0.345 e. The Morgan fingerprint density at radius 2 is 1.82 bits per heavy atom. The van der Waals surface area contributed by atoms with Gasteiger partial charge in [0.25, 0.3) is 0 Å². The van der Waals surface area contributed by atoms with E-state index in [-0.39, 0.29) is 0 Å². The van der Waals surface area contributed by atoms with E-state index < -0.39 is 0 Å². The van der Waals surface area contributed by atoms with Gasteiger partial charge in [0.1, 0.15) is 0 Å². The predicted molar refractivity (Wildman–Crippen MR) is 86.3 cm³/mol. The van der Waals surface area contributed by atoms with Crippen LogP contribution >= 0.6 is 0 Å². The Labute approximate surface area is 131 Å². The summed E-state index contributed by atoms with van der Waals surface area (Å²) in [5.74, 6) is 0.702. The zero-order valence-electron chi connectivity index (χ0n) is 12.8. The van der Waals surface area contributed by atoms with Crippen molar-refractivity contribution in [3.63, 3.8) is 0 Å². The maximum atomic E-state index is 12.5. The number of benzene rings is 1. The molecule has 1 heterocycles. The molecule has 2 saturated carbocycles. The van der Waals surface area contributed by atoms with Crippen LogP contribution in [0.1, 0.15) is 36.9 Å². The lowest BCUT2D eigenvalue weighted by atomic mass is 10.2. The maximum Gasteiger partial charge on any atom is 0.226 e. The molecule has 0 spiro atoms. The molecule has 3 heteroatoms. The van der Waals surface area contributed by atoms with Crippen LogP contribution in [-0.2, 0) is 17.9 Å². The van der Waals surface area contributed by atoms with Crippen molar-refractivity contribution in [3.8, 4) is 0 Å². The number of nitrogens with zero attached hydrogens (tertiary/aromatic N) is 2. The van der Waals surface area contributed by atoms with Crippen LogP contribution in [-0.4, -0.2) is 21.4 Å². The molecule has 2 aromatic rings. The molecule has 114 valence electrons. The van der Waals surface area contributed by atoms with Crippen molar-refractivity contribution in [1.29, 1.82) is 0 Å². The molecule has 0 radical (unpaired) electrons. The molecular weight excluding hydrogens is 272 g/mol. The Morgan fingerprint density at radius 1 is 1.05 bits per heavy atom. The van der Waals surface area contributed by atoms with E-state index in [2.05, 4.69) is 52.1 Å². The summed E-state index contributed by atoms with van der Waals surface area (Å²) in [4.78, 5) is 14.6. The lowest BCUT2D eigenvalue weighted by Gasteiger charge is -2.23. The highest BCUT2D eigenvalue weighted by Crippen LogP contribution is 2.36. The summed E-state index contributed by atoms with van der Waals surface area (Å²) in [6.45, 7) is 1.64. The minimum absolute atomic E-state index is 0.318. The van der Waals surface area contributed by atoms with Crippen molar-refractivity contribution in [2.45, 2.75) is 44.8 Å². The van der Waals surface area contributed by atoms with Crippen molar-refractivity contribution in [2.75, 3.05) is 0 Å². The Balaban J connectivity index is 1.50. The molecule has 1 aromatic carbocycles. The van der Waals surface area contributed by atoms with Gasteiger partial charge in [-0.05, 0) is 43.4 Å². The summed E-state index contributed by atoms with van der Waals surface area (Å²) in [6.07, 6.45) is 6.66. The second-order valence-corrected chi connectivity index (χ2v) is 6.58. The number of hydrogen-bond acceptors (Lipinski definition) is 1. The van der Waals surface area contributed by atoms with Gasteiger partial charge >= 0.3 is 0 Å². The van der Waals surface area contributed by atoms with Crippen molar-refractivity contribution in [1.82, 2.24) is 9.47 Å². The summed E-state index contributed by atoms with van der Waals surface area (Å²) in [5.41, 5.74) is 2.54. The molecule has 2 aliphatic rings. The van der Waals surface area contributed by atoms with E-state index in [1.54, 1.807) is 0 Å². The molecule has 0 unspecified atom stereocenters. The van der Waals surface area contributed by atoms with Crippen LogP contribution in [0.2, 0.25) is 0 Å². The Hall–Kier alpha value is -2.03. The minimum atomic E-state index is 0.318. The Bertz CT molecular complexity index is 653. The van der Waals surface area contributed by atoms with E-state index in [9.17, 15) is 4.79 Å². The van der Waals surface area contributed by atoms with Crippen molar-refractivity contribution in [3.05, 3.63) is 59.9 Å². The molecule has 0 aliphatic heterocycles. The molecule has 3 nitrogen and oxygen atoms in total. The summed E-state index contributed by atoms with van der Waals surface area (Å²) in [7, 11) is 0. The van der Waals surface area contributed by atoms with Gasteiger partial charge < -0.3 is 9.47 Å².